The van der Waals surface area contributed by atoms with Gasteiger partial charge in [-0.25, -0.2) is 0 Å². The monoisotopic (exact) mass is 286 g/mol. The summed E-state index contributed by atoms with van der Waals surface area (Å²) in [6.45, 7) is 0. The minimum Gasteiger partial charge on any atom is -0.265 e. The normalized spacial score (nSPS) is 15.9. The summed E-state index contributed by atoms with van der Waals surface area (Å²) in [6, 6.07) is 10.2. The lowest BCUT2D eigenvalue weighted by Crippen LogP contribution is -2.17. The van der Waals surface area contributed by atoms with E-state index in [2.05, 4.69) is 19.9 Å². The fourth-order valence-corrected chi connectivity index (χ4v) is 2.97. The smallest absolute Gasteiger partial charge is 0.265 e. The number of amidine groups is 1. The van der Waals surface area contributed by atoms with E-state index in [1.807, 2.05) is 0 Å². The maximum atomic E-state index is 11.8. The Morgan fingerprint density at radius 2 is 1.85 bits per heavy atom. The molecule has 0 bridgehead atoms. The van der Waals surface area contributed by atoms with Gasteiger partial charge < -0.3 is 0 Å². The van der Waals surface area contributed by atoms with Crippen LogP contribution in [0.4, 0.5) is 0 Å². The fourth-order valence-electron chi connectivity index (χ4n) is 1.80. The Balaban J connectivity index is 1.85. The van der Waals surface area contributed by atoms with E-state index < -0.39 is 10.0 Å². The van der Waals surface area contributed by atoms with Crippen molar-refractivity contribution in [2.45, 2.75) is 4.90 Å². The van der Waals surface area contributed by atoms with E-state index in [0.29, 0.717) is 5.56 Å². The van der Waals surface area contributed by atoms with Gasteiger partial charge in [0.2, 0.25) is 0 Å². The molecule has 0 fully saturated rings. The third kappa shape index (κ3) is 2.30. The second-order valence-electron chi connectivity index (χ2n) is 4.06. The number of pyridine rings is 1. The predicted molar refractivity (Wildman–Crippen MR) is 75.1 cm³/mol. The first-order chi connectivity index (χ1) is 9.67. The molecule has 20 heavy (non-hydrogen) atoms. The lowest BCUT2D eigenvalue weighted by molar-refractivity contribution is 0.599. The number of sulfonamides is 1. The summed E-state index contributed by atoms with van der Waals surface area (Å²) >= 11 is 0. The van der Waals surface area contributed by atoms with Gasteiger partial charge in [-0.1, -0.05) is 12.1 Å². The van der Waals surface area contributed by atoms with E-state index in [0.717, 1.165) is 5.56 Å². The lowest BCUT2D eigenvalue weighted by Gasteiger charge is -1.99. The molecule has 2 aromatic rings. The number of aromatic nitrogens is 1. The standard InChI is InChI=1S/C13H10N4O2S/c18-20(19)12-4-2-1-3-11(12)13(17-20)16-15-9-10-5-7-14-8-6-10/h1-9H,(H,16,17). The van der Waals surface area contributed by atoms with Gasteiger partial charge in [0.05, 0.1) is 6.21 Å². The fraction of sp³-hybridized carbons (Fsp3) is 0. The Morgan fingerprint density at radius 1 is 1.10 bits per heavy atom. The molecule has 0 saturated heterocycles. The van der Waals surface area contributed by atoms with Crippen LogP contribution in [0.25, 0.3) is 0 Å². The quantitative estimate of drug-likeness (QED) is 0.663. The Bertz CT molecular complexity index is 798. The molecule has 2 heterocycles. The number of hydrogen-bond donors (Lipinski definition) is 1. The zero-order valence-corrected chi connectivity index (χ0v) is 11.1. The topological polar surface area (TPSA) is 83.8 Å². The van der Waals surface area contributed by atoms with Crippen LogP contribution in [-0.2, 0) is 10.0 Å². The summed E-state index contributed by atoms with van der Waals surface area (Å²) in [7, 11) is -3.61. The summed E-state index contributed by atoms with van der Waals surface area (Å²) in [5.41, 5.74) is 4.04. The van der Waals surface area contributed by atoms with Crippen molar-refractivity contribution >= 4 is 22.1 Å². The van der Waals surface area contributed by atoms with E-state index >= 15 is 0 Å². The predicted octanol–water partition coefficient (Wildman–Crippen LogP) is 1.15. The molecule has 0 atom stereocenters. The summed E-state index contributed by atoms with van der Waals surface area (Å²) in [5, 5.41) is 3.99. The molecular formula is C13H10N4O2S. The molecule has 1 aromatic carbocycles. The number of nitrogens with one attached hydrogen (secondary N) is 1. The molecule has 1 N–H and O–H groups in total. The number of nitrogens with zero attached hydrogens (tertiary/aromatic N) is 3. The van der Waals surface area contributed by atoms with Gasteiger partial charge in [0.1, 0.15) is 4.90 Å². The Labute approximate surface area is 116 Å². The molecule has 6 nitrogen and oxygen atoms in total. The number of hydrazone groups is 1. The molecule has 1 aromatic heterocycles. The molecule has 0 spiro atoms. The van der Waals surface area contributed by atoms with Gasteiger partial charge in [-0.15, -0.1) is 4.40 Å². The van der Waals surface area contributed by atoms with Crippen LogP contribution in [-0.4, -0.2) is 25.5 Å². The average Bonchev–Trinajstić information content (AvgIpc) is 2.72. The molecule has 0 radical (unpaired) electrons. The van der Waals surface area contributed by atoms with Crippen molar-refractivity contribution in [3.63, 3.8) is 0 Å². The highest BCUT2D eigenvalue weighted by Crippen LogP contribution is 2.24. The number of hydrogen-bond acceptors (Lipinski definition) is 5. The summed E-state index contributed by atoms with van der Waals surface area (Å²) in [4.78, 5) is 4.09. The van der Waals surface area contributed by atoms with Crippen LogP contribution in [0.3, 0.4) is 0 Å². The Morgan fingerprint density at radius 3 is 2.65 bits per heavy atom. The van der Waals surface area contributed by atoms with E-state index in [1.54, 1.807) is 48.9 Å². The highest BCUT2D eigenvalue weighted by molar-refractivity contribution is 7.90. The van der Waals surface area contributed by atoms with Crippen molar-refractivity contribution < 1.29 is 8.42 Å². The van der Waals surface area contributed by atoms with Crippen molar-refractivity contribution in [2.24, 2.45) is 9.50 Å². The number of rotatable bonds is 2. The van der Waals surface area contributed by atoms with Gasteiger partial charge in [0, 0.05) is 18.0 Å². The minimum atomic E-state index is -3.61. The largest absolute Gasteiger partial charge is 0.285 e. The Hall–Kier alpha value is -2.54. The minimum absolute atomic E-state index is 0.196. The zero-order valence-electron chi connectivity index (χ0n) is 10.3. The van der Waals surface area contributed by atoms with Crippen molar-refractivity contribution in [3.8, 4) is 0 Å². The van der Waals surface area contributed by atoms with Gasteiger partial charge in [-0.3, -0.25) is 10.4 Å². The van der Waals surface area contributed by atoms with E-state index in [4.69, 9.17) is 0 Å². The SMILES string of the molecule is O=S1(=O)N=C(NN=Cc2ccncc2)c2ccccc21. The highest BCUT2D eigenvalue weighted by atomic mass is 32.2. The van der Waals surface area contributed by atoms with E-state index in [1.165, 1.54) is 6.07 Å². The van der Waals surface area contributed by atoms with Gasteiger partial charge in [0.25, 0.3) is 10.0 Å². The maximum absolute atomic E-state index is 11.8. The lowest BCUT2D eigenvalue weighted by atomic mass is 10.2. The third-order valence-electron chi connectivity index (χ3n) is 2.72. The average molecular weight is 286 g/mol. The maximum Gasteiger partial charge on any atom is 0.285 e. The van der Waals surface area contributed by atoms with Gasteiger partial charge in [0.15, 0.2) is 5.84 Å². The molecule has 1 aliphatic rings. The van der Waals surface area contributed by atoms with Crippen LogP contribution in [0, 0.1) is 0 Å². The molecular weight excluding hydrogens is 276 g/mol. The second-order valence-corrected chi connectivity index (χ2v) is 5.63. The Kier molecular flexibility index (Phi) is 3.03. The van der Waals surface area contributed by atoms with Crippen LogP contribution in [0.2, 0.25) is 0 Å². The first-order valence-corrected chi connectivity index (χ1v) is 7.24. The third-order valence-corrected chi connectivity index (χ3v) is 4.06. The first kappa shape index (κ1) is 12.5. The molecule has 0 aliphatic carbocycles. The van der Waals surface area contributed by atoms with Crippen molar-refractivity contribution in [3.05, 3.63) is 59.9 Å². The molecule has 7 heteroatoms. The van der Waals surface area contributed by atoms with E-state index in [-0.39, 0.29) is 10.7 Å². The summed E-state index contributed by atoms with van der Waals surface area (Å²) in [5.74, 6) is 0.228. The molecule has 1 aliphatic heterocycles. The van der Waals surface area contributed by atoms with Gasteiger partial charge >= 0.3 is 0 Å². The van der Waals surface area contributed by atoms with Crippen LogP contribution in [0.15, 0.2) is 63.2 Å². The van der Waals surface area contributed by atoms with Crippen LogP contribution >= 0.6 is 0 Å². The number of fused-ring (bicyclic) bond motifs is 1. The van der Waals surface area contributed by atoms with E-state index in [9.17, 15) is 8.42 Å². The first-order valence-electron chi connectivity index (χ1n) is 5.80. The van der Waals surface area contributed by atoms with Gasteiger partial charge in [-0.2, -0.15) is 13.5 Å². The summed E-state index contributed by atoms with van der Waals surface area (Å²) in [6.07, 6.45) is 4.86. The molecule has 0 amide bonds. The van der Waals surface area contributed by atoms with Crippen molar-refractivity contribution in [2.75, 3.05) is 0 Å². The molecule has 3 rings (SSSR count). The molecule has 100 valence electrons. The van der Waals surface area contributed by atoms with Crippen molar-refractivity contribution in [1.82, 2.24) is 10.4 Å². The van der Waals surface area contributed by atoms with Crippen molar-refractivity contribution in [1.29, 1.82) is 0 Å². The van der Waals surface area contributed by atoms with Crippen LogP contribution in [0.1, 0.15) is 11.1 Å². The van der Waals surface area contributed by atoms with Crippen LogP contribution in [0.5, 0.6) is 0 Å². The molecule has 0 saturated carbocycles. The summed E-state index contributed by atoms with van der Waals surface area (Å²) < 4.78 is 27.3. The van der Waals surface area contributed by atoms with Crippen LogP contribution < -0.4 is 5.43 Å². The van der Waals surface area contributed by atoms with Gasteiger partial charge in [-0.05, 0) is 29.8 Å². The molecule has 0 unspecified atom stereocenters. The number of benzene rings is 1. The zero-order chi connectivity index (χ0) is 14.0. The second kappa shape index (κ2) is 4.86. The highest BCUT2D eigenvalue weighted by Gasteiger charge is 2.27.